The number of hydrogen-bond acceptors (Lipinski definition) is 18. The molecule has 1 aliphatic rings. The summed E-state index contributed by atoms with van der Waals surface area (Å²) >= 11 is 5.88. The number of halogens is 1. The van der Waals surface area contributed by atoms with Crippen LogP contribution in [0.15, 0.2) is 164 Å². The Balaban J connectivity index is 0.000000138. The van der Waals surface area contributed by atoms with Gasteiger partial charge in [0.2, 0.25) is 17.6 Å². The van der Waals surface area contributed by atoms with Crippen molar-refractivity contribution in [3.63, 3.8) is 0 Å². The summed E-state index contributed by atoms with van der Waals surface area (Å²) in [6.45, 7) is 0.966. The number of aliphatic imine (C=N–C) groups is 1. The molecule has 3 N–H and O–H groups in total. The van der Waals surface area contributed by atoms with Gasteiger partial charge < -0.3 is 28.8 Å². The number of pyridine rings is 6. The number of nitrogens with one attached hydrogen (secondary N) is 2. The smallest absolute Gasteiger partial charge is 0.222 e. The molecule has 0 saturated carbocycles. The van der Waals surface area contributed by atoms with Crippen molar-refractivity contribution < 1.29 is 43.2 Å². The van der Waals surface area contributed by atoms with Gasteiger partial charge in [0.05, 0.1) is 78.3 Å². The summed E-state index contributed by atoms with van der Waals surface area (Å²) < 4.78 is 27.8. The fourth-order valence-electron chi connectivity index (χ4n) is 8.74. The number of nitrogens with zero attached hydrogens (tertiary/aromatic N) is 9. The van der Waals surface area contributed by atoms with Crippen LogP contribution in [0.5, 0.6) is 34.9 Å². The van der Waals surface area contributed by atoms with E-state index < -0.39 is 0 Å². The summed E-state index contributed by atoms with van der Waals surface area (Å²) in [7, 11) is 4.73. The van der Waals surface area contributed by atoms with Crippen LogP contribution < -0.4 is 23.7 Å². The molecule has 0 fully saturated rings. The summed E-state index contributed by atoms with van der Waals surface area (Å²) in [4.78, 5) is 63.5. The highest BCUT2D eigenvalue weighted by atomic mass is 35.5. The second kappa shape index (κ2) is 27.2. The largest absolute Gasteiger partial charge is 0.507 e. The lowest BCUT2D eigenvalue weighted by Gasteiger charge is -2.13. The highest BCUT2D eigenvalue weighted by Gasteiger charge is 2.19. The summed E-state index contributed by atoms with van der Waals surface area (Å²) in [5.74, 6) is 2.94. The van der Waals surface area contributed by atoms with Gasteiger partial charge in [-0.2, -0.15) is 10.2 Å². The molecule has 0 radical (unpaired) electrons. The van der Waals surface area contributed by atoms with Crippen LogP contribution in [-0.2, 0) is 25.6 Å². The molecule has 0 saturated heterocycles. The first-order chi connectivity index (χ1) is 40.3. The van der Waals surface area contributed by atoms with Crippen LogP contribution in [0.3, 0.4) is 0 Å². The zero-order chi connectivity index (χ0) is 57.2. The first-order valence-electron chi connectivity index (χ1n) is 25.1. The van der Waals surface area contributed by atoms with E-state index in [0.29, 0.717) is 75.6 Å². The predicted molar refractivity (Wildman–Crippen MR) is 308 cm³/mol. The van der Waals surface area contributed by atoms with Crippen LogP contribution in [-0.4, -0.2) is 102 Å². The Morgan fingerprint density at radius 3 is 1.35 bits per heavy atom. The van der Waals surface area contributed by atoms with Gasteiger partial charge in [-0.3, -0.25) is 44.5 Å². The van der Waals surface area contributed by atoms with Crippen LogP contribution in [0.25, 0.3) is 55.6 Å². The Kier molecular flexibility index (Phi) is 18.6. The van der Waals surface area contributed by atoms with Crippen LogP contribution >= 0.6 is 11.6 Å². The van der Waals surface area contributed by atoms with Gasteiger partial charge in [-0.1, -0.05) is 18.2 Å². The second-order valence-electron chi connectivity index (χ2n) is 17.4. The third-order valence-electron chi connectivity index (χ3n) is 12.7. The standard InChI is InChI=1S/2C20H16N4O3.C12H11ClN2O.C9H7NO2/c2*1-26-20-15(5-3-9-22-20)18-14(4-2-8-21-18)12-27-17-7-6-13-10-23-24-19(13)16(17)11-25;1-16-12-10(5-3-7-15-12)11-9(8-13)4-2-6-14-11;11-5-8-7-4-10-3-6(7)1-2-9(8)12/h2*2-11H,12H2,1H3,(H,23,24);2-7H,8H2,1H3;1-3,5,12H,4H2. The van der Waals surface area contributed by atoms with Crippen molar-refractivity contribution in [2.45, 2.75) is 25.6 Å². The van der Waals surface area contributed by atoms with E-state index in [4.69, 9.17) is 35.3 Å². The highest BCUT2D eigenvalue weighted by Crippen LogP contribution is 2.34. The van der Waals surface area contributed by atoms with E-state index in [9.17, 15) is 19.5 Å². The fraction of sp³-hybridized carbons (Fsp3) is 0.115. The first-order valence-corrected chi connectivity index (χ1v) is 25.6. The summed E-state index contributed by atoms with van der Waals surface area (Å²) in [5.41, 5.74) is 11.5. The average molecular weight is 1120 g/mol. The fourth-order valence-corrected chi connectivity index (χ4v) is 8.95. The van der Waals surface area contributed by atoms with Gasteiger partial charge in [0.25, 0.3) is 0 Å². The Bertz CT molecular complexity index is 3840. The van der Waals surface area contributed by atoms with Gasteiger partial charge in [0, 0.05) is 83.6 Å². The lowest BCUT2D eigenvalue weighted by Crippen LogP contribution is -2.03. The number of carbonyl (C=O) groups is 3. The SMILES string of the molecule is COc1ncccc1-c1ncccc1CCl.COc1ncccc1-c1ncccc1COc1ccc2c[nH]nc2c1C=O.COc1ncccc1-c1ncccc1COc1ccc2c[nH]nc2c1C=O.O=Cc1c(O)ccc2c1CN=C2. The van der Waals surface area contributed by atoms with Crippen LogP contribution in [0.1, 0.15) is 58.9 Å². The number of fused-ring (bicyclic) bond motifs is 3. The monoisotopic (exact) mass is 1120 g/mol. The molecule has 3 aromatic carbocycles. The van der Waals surface area contributed by atoms with Crippen molar-refractivity contribution in [1.29, 1.82) is 0 Å². The van der Waals surface area contributed by atoms with E-state index in [2.05, 4.69) is 55.3 Å². The summed E-state index contributed by atoms with van der Waals surface area (Å²) in [6, 6.07) is 33.1. The minimum atomic E-state index is 0.0363. The van der Waals surface area contributed by atoms with E-state index in [1.165, 1.54) is 6.07 Å². The molecular formula is C61H50ClN11O9. The molecule has 0 spiro atoms. The number of aromatic nitrogens is 10. The number of ether oxygens (including phenoxy) is 5. The number of phenolic OH excluding ortho intramolecular Hbond substituents is 1. The van der Waals surface area contributed by atoms with E-state index in [1.54, 1.807) is 95.3 Å². The van der Waals surface area contributed by atoms with E-state index in [0.717, 1.165) is 84.9 Å². The van der Waals surface area contributed by atoms with Gasteiger partial charge >= 0.3 is 0 Å². The topological polar surface area (TPSA) is 265 Å². The van der Waals surface area contributed by atoms with Gasteiger partial charge in [0.15, 0.2) is 18.9 Å². The van der Waals surface area contributed by atoms with Crippen molar-refractivity contribution in [1.82, 2.24) is 50.3 Å². The number of aldehydes is 3. The average Bonchev–Trinajstić information content (AvgIpc) is 4.41. The number of aromatic hydroxyl groups is 1. The van der Waals surface area contributed by atoms with Crippen molar-refractivity contribution in [2.75, 3.05) is 21.3 Å². The van der Waals surface area contributed by atoms with E-state index in [1.807, 2.05) is 84.9 Å². The van der Waals surface area contributed by atoms with Crippen molar-refractivity contribution >= 4 is 58.5 Å². The zero-order valence-electron chi connectivity index (χ0n) is 44.3. The number of hydrogen-bond donors (Lipinski definition) is 3. The van der Waals surface area contributed by atoms with E-state index >= 15 is 0 Å². The molecule has 0 bridgehead atoms. The van der Waals surface area contributed by atoms with Crippen LogP contribution in [0, 0.1) is 0 Å². The molecule has 0 amide bonds. The quantitative estimate of drug-likeness (QED) is 0.0599. The lowest BCUT2D eigenvalue weighted by atomic mass is 10.0. The van der Waals surface area contributed by atoms with E-state index in [-0.39, 0.29) is 19.0 Å². The number of phenols is 1. The minimum Gasteiger partial charge on any atom is -0.507 e. The Labute approximate surface area is 473 Å². The molecule has 11 aromatic rings. The molecule has 0 atom stereocenters. The molecule has 12 rings (SSSR count). The maximum atomic E-state index is 11.6. The molecule has 410 valence electrons. The highest BCUT2D eigenvalue weighted by molar-refractivity contribution is 6.17. The number of benzene rings is 3. The molecular weight excluding hydrogens is 1070 g/mol. The normalized spacial score (nSPS) is 10.9. The third-order valence-corrected chi connectivity index (χ3v) is 12.9. The van der Waals surface area contributed by atoms with Gasteiger partial charge in [-0.25, -0.2) is 15.0 Å². The molecule has 0 unspecified atom stereocenters. The van der Waals surface area contributed by atoms with Crippen molar-refractivity contribution in [3.05, 3.63) is 203 Å². The van der Waals surface area contributed by atoms with Crippen molar-refractivity contribution in [3.8, 4) is 68.7 Å². The Hall–Kier alpha value is -10.7. The van der Waals surface area contributed by atoms with Gasteiger partial charge in [-0.15, -0.1) is 11.6 Å². The Morgan fingerprint density at radius 1 is 0.512 bits per heavy atom. The number of rotatable bonds is 16. The molecule has 20 nitrogen and oxygen atoms in total. The lowest BCUT2D eigenvalue weighted by molar-refractivity contribution is 0.111. The van der Waals surface area contributed by atoms with Crippen LogP contribution in [0.4, 0.5) is 0 Å². The molecule has 8 aromatic heterocycles. The third kappa shape index (κ3) is 12.6. The minimum absolute atomic E-state index is 0.0363. The van der Waals surface area contributed by atoms with Crippen LogP contribution in [0.2, 0.25) is 0 Å². The molecule has 0 aliphatic carbocycles. The second-order valence-corrected chi connectivity index (χ2v) is 17.7. The molecule has 82 heavy (non-hydrogen) atoms. The van der Waals surface area contributed by atoms with Crippen molar-refractivity contribution in [2.24, 2.45) is 4.99 Å². The number of carbonyl (C=O) groups excluding carboxylic acids is 3. The van der Waals surface area contributed by atoms with Gasteiger partial charge in [0.1, 0.15) is 41.5 Å². The maximum Gasteiger partial charge on any atom is 0.222 e. The maximum absolute atomic E-state index is 11.6. The Morgan fingerprint density at radius 2 is 0.927 bits per heavy atom. The number of H-pyrrole nitrogens is 2. The number of methoxy groups -OCH3 is 3. The summed E-state index contributed by atoms with van der Waals surface area (Å²) in [5, 5.41) is 24.8. The number of aromatic amines is 2. The zero-order valence-corrected chi connectivity index (χ0v) is 45.0. The first kappa shape index (κ1) is 56.0. The molecule has 1 aliphatic heterocycles. The summed E-state index contributed by atoms with van der Waals surface area (Å²) in [6.07, 6.45) is 17.5. The van der Waals surface area contributed by atoms with Gasteiger partial charge in [-0.05, 0) is 108 Å². The predicted octanol–water partition coefficient (Wildman–Crippen LogP) is 10.9. The molecule has 21 heteroatoms. The number of alkyl halides is 1. The molecule has 9 heterocycles.